The van der Waals surface area contributed by atoms with Gasteiger partial charge >= 0.3 is 0 Å². The summed E-state index contributed by atoms with van der Waals surface area (Å²) in [7, 11) is 1.60. The number of rotatable bonds is 6. The number of hydrogen-bond donors (Lipinski definition) is 4. The van der Waals surface area contributed by atoms with Crippen LogP contribution in [0.15, 0.2) is 46.0 Å². The van der Waals surface area contributed by atoms with Crippen molar-refractivity contribution < 1.29 is 4.74 Å². The lowest BCUT2D eigenvalue weighted by Crippen LogP contribution is -2.37. The average molecular weight is 391 g/mol. The number of fused-ring (bicyclic) bond motifs is 1. The first-order valence-electron chi connectivity index (χ1n) is 9.14. The van der Waals surface area contributed by atoms with Crippen molar-refractivity contribution in [2.24, 2.45) is 0 Å². The topological polar surface area (TPSA) is 122 Å². The highest BCUT2D eigenvalue weighted by molar-refractivity contribution is 5.94. The normalized spacial score (nSPS) is 12.2. The van der Waals surface area contributed by atoms with Crippen molar-refractivity contribution >= 4 is 33.8 Å². The van der Waals surface area contributed by atoms with Crippen LogP contribution in [0.3, 0.4) is 0 Å². The number of ether oxygens (including phenoxy) is 1. The van der Waals surface area contributed by atoms with E-state index in [4.69, 9.17) is 10.5 Å². The van der Waals surface area contributed by atoms with Crippen molar-refractivity contribution in [1.29, 1.82) is 0 Å². The Hall–Kier alpha value is -3.81. The molecule has 0 saturated carbocycles. The summed E-state index contributed by atoms with van der Waals surface area (Å²) < 4.78 is 5.25. The molecular weight excluding hydrogens is 370 g/mol. The van der Waals surface area contributed by atoms with Gasteiger partial charge in [-0.25, -0.2) is 0 Å². The fourth-order valence-electron chi connectivity index (χ4n) is 3.39. The minimum atomic E-state index is -0.553. The third kappa shape index (κ3) is 3.18. The maximum absolute atomic E-state index is 12.2. The second-order valence-corrected chi connectivity index (χ2v) is 7.00. The molecule has 0 spiro atoms. The van der Waals surface area contributed by atoms with Crippen molar-refractivity contribution in [2.75, 3.05) is 23.5 Å². The highest BCUT2D eigenvalue weighted by Crippen LogP contribution is 2.30. The Morgan fingerprint density at radius 2 is 1.90 bits per heavy atom. The largest absolute Gasteiger partial charge is 0.497 e. The van der Waals surface area contributed by atoms with E-state index in [1.807, 2.05) is 44.2 Å². The molecule has 29 heavy (non-hydrogen) atoms. The predicted octanol–water partition coefficient (Wildman–Crippen LogP) is 2.97. The van der Waals surface area contributed by atoms with Crippen LogP contribution in [0.4, 0.5) is 22.9 Å². The summed E-state index contributed by atoms with van der Waals surface area (Å²) in [5.74, 6) is 1.10. The van der Waals surface area contributed by atoms with Crippen molar-refractivity contribution in [3.05, 3.63) is 68.0 Å². The van der Waals surface area contributed by atoms with E-state index < -0.39 is 10.9 Å². The maximum atomic E-state index is 12.2. The molecule has 1 heterocycles. The molecule has 0 saturated heterocycles. The van der Waals surface area contributed by atoms with Crippen LogP contribution < -0.4 is 32.0 Å². The molecular formula is C21H21N5O3. The molecule has 148 valence electrons. The molecule has 0 radical (unpaired) electrons. The number of aryl methyl sites for hydroxylation is 1. The number of benzene rings is 2. The van der Waals surface area contributed by atoms with Crippen molar-refractivity contribution in [3.63, 3.8) is 0 Å². The smallest absolute Gasteiger partial charge is 0.253 e. The van der Waals surface area contributed by atoms with E-state index in [1.54, 1.807) is 13.2 Å². The molecule has 4 aromatic rings. The van der Waals surface area contributed by atoms with Gasteiger partial charge in [0.05, 0.1) is 12.6 Å². The number of nitrogen functional groups attached to an aromatic ring is 1. The lowest BCUT2D eigenvalue weighted by atomic mass is 10.1. The second-order valence-electron chi connectivity index (χ2n) is 7.00. The number of hydrogen-bond acceptors (Lipinski definition) is 7. The number of nitrogens with zero attached hydrogens (tertiary/aromatic N) is 1. The Bertz CT molecular complexity index is 1280. The number of methoxy groups -OCH3 is 1. The van der Waals surface area contributed by atoms with Crippen molar-refractivity contribution in [3.8, 4) is 5.75 Å². The predicted molar refractivity (Wildman–Crippen MR) is 115 cm³/mol. The van der Waals surface area contributed by atoms with Crippen LogP contribution in [0, 0.1) is 6.92 Å². The van der Waals surface area contributed by atoms with Gasteiger partial charge < -0.3 is 21.1 Å². The number of nitrogens with one attached hydrogen (secondary N) is 3. The molecule has 1 aromatic heterocycles. The number of H-pyrrole nitrogens is 1. The van der Waals surface area contributed by atoms with Crippen LogP contribution in [-0.2, 0) is 0 Å². The molecule has 0 aliphatic carbocycles. The van der Waals surface area contributed by atoms with Crippen LogP contribution in [0.2, 0.25) is 0 Å². The molecule has 0 fully saturated rings. The van der Waals surface area contributed by atoms with E-state index in [-0.39, 0.29) is 17.4 Å². The summed E-state index contributed by atoms with van der Waals surface area (Å²) in [6, 6.07) is 11.0. The summed E-state index contributed by atoms with van der Waals surface area (Å²) >= 11 is 0. The standard InChI is InChI=1S/C21H21N5O3/c1-10-7-13(9-15-16(10)25-26-21(15)22)24-18-17(19(27)20(18)28)23-11(2)12-5-4-6-14(8-12)29-3/h4-9,11,23-24H,1-3H3,(H3,22,25,26)/t11-/m1/s1. The van der Waals surface area contributed by atoms with Gasteiger partial charge in [-0.1, -0.05) is 12.1 Å². The third-order valence-electron chi connectivity index (χ3n) is 5.03. The van der Waals surface area contributed by atoms with E-state index >= 15 is 0 Å². The molecule has 8 heteroatoms. The van der Waals surface area contributed by atoms with E-state index in [2.05, 4.69) is 20.8 Å². The van der Waals surface area contributed by atoms with Gasteiger partial charge in [-0.15, -0.1) is 0 Å². The van der Waals surface area contributed by atoms with Gasteiger partial charge in [-0.05, 0) is 49.2 Å². The van der Waals surface area contributed by atoms with Gasteiger partial charge in [0.2, 0.25) is 0 Å². The highest BCUT2D eigenvalue weighted by Gasteiger charge is 2.23. The number of aromatic amines is 1. The van der Waals surface area contributed by atoms with Crippen molar-refractivity contribution in [2.45, 2.75) is 19.9 Å². The van der Waals surface area contributed by atoms with Crippen LogP contribution >= 0.6 is 0 Å². The Kier molecular flexibility index (Phi) is 4.46. The Balaban J connectivity index is 1.62. The third-order valence-corrected chi connectivity index (χ3v) is 5.03. The first kappa shape index (κ1) is 18.5. The molecule has 0 unspecified atom stereocenters. The first-order chi connectivity index (χ1) is 13.9. The number of anilines is 4. The number of aromatic nitrogens is 2. The van der Waals surface area contributed by atoms with Crippen LogP contribution in [-0.4, -0.2) is 17.3 Å². The van der Waals surface area contributed by atoms with Gasteiger partial charge in [0.1, 0.15) is 17.1 Å². The Morgan fingerprint density at radius 3 is 2.66 bits per heavy atom. The van der Waals surface area contributed by atoms with E-state index in [1.165, 1.54) is 0 Å². The lowest BCUT2D eigenvalue weighted by molar-refractivity contribution is 0.414. The average Bonchev–Trinajstić information content (AvgIpc) is 3.11. The molecule has 3 aromatic carbocycles. The molecule has 5 N–H and O–H groups in total. The zero-order chi connectivity index (χ0) is 20.7. The van der Waals surface area contributed by atoms with Crippen LogP contribution in [0.1, 0.15) is 24.1 Å². The summed E-state index contributed by atoms with van der Waals surface area (Å²) in [5.41, 5.74) is 8.67. The number of nitrogens with two attached hydrogens (primary N) is 1. The SMILES string of the molecule is COc1cccc([C@@H](C)Nc2c(Nc3cc(C)c4[nH]nc(N)c4c3)c(=O)c2=O)c1. The van der Waals surface area contributed by atoms with Crippen LogP contribution in [0.25, 0.3) is 10.9 Å². The van der Waals surface area contributed by atoms with Gasteiger partial charge in [-0.3, -0.25) is 14.7 Å². The molecule has 4 rings (SSSR count). The fourth-order valence-corrected chi connectivity index (χ4v) is 3.39. The lowest BCUT2D eigenvalue weighted by Gasteiger charge is -2.20. The van der Waals surface area contributed by atoms with Gasteiger partial charge in [0.15, 0.2) is 5.82 Å². The first-order valence-corrected chi connectivity index (χ1v) is 9.14. The monoisotopic (exact) mass is 391 g/mol. The minimum absolute atomic E-state index is 0.192. The van der Waals surface area contributed by atoms with E-state index in [0.717, 1.165) is 27.8 Å². The molecule has 8 nitrogen and oxygen atoms in total. The van der Waals surface area contributed by atoms with Crippen LogP contribution in [0.5, 0.6) is 5.75 Å². The molecule has 0 amide bonds. The quantitative estimate of drug-likeness (QED) is 0.373. The molecule has 0 bridgehead atoms. The summed E-state index contributed by atoms with van der Waals surface area (Å²) in [5, 5.41) is 13.9. The second kappa shape index (κ2) is 6.97. The Morgan fingerprint density at radius 1 is 1.14 bits per heavy atom. The zero-order valence-electron chi connectivity index (χ0n) is 16.3. The molecule has 1 atom stereocenters. The maximum Gasteiger partial charge on any atom is 0.253 e. The Labute approximate surface area is 166 Å². The summed E-state index contributed by atoms with van der Waals surface area (Å²) in [4.78, 5) is 24.4. The summed E-state index contributed by atoms with van der Waals surface area (Å²) in [6.07, 6.45) is 0. The van der Waals surface area contributed by atoms with Crippen molar-refractivity contribution in [1.82, 2.24) is 10.2 Å². The zero-order valence-corrected chi connectivity index (χ0v) is 16.3. The van der Waals surface area contributed by atoms with E-state index in [9.17, 15) is 9.59 Å². The van der Waals surface area contributed by atoms with Gasteiger partial charge in [0, 0.05) is 17.1 Å². The van der Waals surface area contributed by atoms with Gasteiger partial charge in [-0.2, -0.15) is 5.10 Å². The molecule has 0 aliphatic heterocycles. The molecule has 0 aliphatic rings. The fraction of sp³-hybridized carbons (Fsp3) is 0.190. The van der Waals surface area contributed by atoms with E-state index in [0.29, 0.717) is 11.5 Å². The summed E-state index contributed by atoms with van der Waals surface area (Å²) in [6.45, 7) is 3.83. The van der Waals surface area contributed by atoms with Gasteiger partial charge in [0.25, 0.3) is 10.9 Å². The minimum Gasteiger partial charge on any atom is -0.497 e. The highest BCUT2D eigenvalue weighted by atomic mass is 16.5.